The number of carbonyl (C=O) groups excluding carboxylic acids is 2. The molecule has 0 radical (unpaired) electrons. The first kappa shape index (κ1) is 8.99. The van der Waals surface area contributed by atoms with E-state index in [-0.39, 0.29) is 6.42 Å². The van der Waals surface area contributed by atoms with Gasteiger partial charge in [0.2, 0.25) is 0 Å². The number of carbonyl (C=O) groups is 2. The minimum atomic E-state index is -2.01. The number of cyclic esters (lactones) is 2. The minimum absolute atomic E-state index is 0.126. The number of ether oxygens (including phenoxy) is 2. The summed E-state index contributed by atoms with van der Waals surface area (Å²) in [4.78, 5) is 21.0. The van der Waals surface area contributed by atoms with Gasteiger partial charge >= 0.3 is 17.9 Å². The van der Waals surface area contributed by atoms with Gasteiger partial charge in [0, 0.05) is 0 Å². The summed E-state index contributed by atoms with van der Waals surface area (Å²) >= 11 is 0. The van der Waals surface area contributed by atoms with Crippen molar-refractivity contribution in [2.24, 2.45) is 0 Å². The Hall–Kier alpha value is -1.10. The van der Waals surface area contributed by atoms with Crippen LogP contribution in [0.2, 0.25) is 0 Å². The van der Waals surface area contributed by atoms with Gasteiger partial charge in [0.1, 0.15) is 0 Å². The molecule has 1 aliphatic heterocycles. The van der Waals surface area contributed by atoms with Crippen LogP contribution in [0.1, 0.15) is 26.2 Å². The second-order valence-electron chi connectivity index (χ2n) is 2.60. The van der Waals surface area contributed by atoms with Gasteiger partial charge in [-0.25, -0.2) is 9.59 Å². The van der Waals surface area contributed by atoms with Gasteiger partial charge in [-0.05, 0) is 6.42 Å². The Kier molecular flexibility index (Phi) is 2.32. The largest absolute Gasteiger partial charge is 0.422 e. The second-order valence-corrected chi connectivity index (χ2v) is 2.60. The topological polar surface area (TPSA) is 72.8 Å². The Morgan fingerprint density at radius 3 is 2.25 bits per heavy atom. The van der Waals surface area contributed by atoms with E-state index in [1.807, 2.05) is 6.92 Å². The lowest BCUT2D eigenvalue weighted by atomic mass is 10.2. The molecule has 1 N–H and O–H groups in total. The van der Waals surface area contributed by atoms with E-state index in [9.17, 15) is 14.7 Å². The van der Waals surface area contributed by atoms with Crippen molar-refractivity contribution >= 4 is 11.9 Å². The molecule has 0 aromatic rings. The SMILES string of the molecule is CCCCC1(O)OC(=O)C(=O)O1. The number of unbranched alkanes of at least 4 members (excludes halogenated alkanes) is 1. The smallest absolute Gasteiger partial charge is 0.389 e. The maximum absolute atomic E-state index is 10.5. The van der Waals surface area contributed by atoms with Crippen LogP contribution in [-0.2, 0) is 19.1 Å². The monoisotopic (exact) mass is 174 g/mol. The minimum Gasteiger partial charge on any atom is -0.389 e. The van der Waals surface area contributed by atoms with Gasteiger partial charge in [0.25, 0.3) is 0 Å². The van der Waals surface area contributed by atoms with E-state index >= 15 is 0 Å². The predicted octanol–water partition coefficient (Wildman–Crippen LogP) is -0.0773. The molecule has 0 saturated carbocycles. The summed E-state index contributed by atoms with van der Waals surface area (Å²) in [5.41, 5.74) is 0. The van der Waals surface area contributed by atoms with Crippen LogP contribution in [-0.4, -0.2) is 23.0 Å². The molecule has 1 saturated heterocycles. The molecule has 0 aliphatic carbocycles. The van der Waals surface area contributed by atoms with Gasteiger partial charge in [0.15, 0.2) is 0 Å². The van der Waals surface area contributed by atoms with E-state index in [1.54, 1.807) is 0 Å². The van der Waals surface area contributed by atoms with E-state index in [0.717, 1.165) is 6.42 Å². The highest BCUT2D eigenvalue weighted by molar-refractivity contribution is 6.31. The van der Waals surface area contributed by atoms with E-state index in [0.29, 0.717) is 6.42 Å². The van der Waals surface area contributed by atoms with Crippen LogP contribution in [0.15, 0.2) is 0 Å². The van der Waals surface area contributed by atoms with Crippen molar-refractivity contribution in [3.8, 4) is 0 Å². The Balaban J connectivity index is 2.51. The summed E-state index contributed by atoms with van der Waals surface area (Å²) in [5, 5.41) is 9.28. The van der Waals surface area contributed by atoms with Gasteiger partial charge in [-0.15, -0.1) is 0 Å². The fourth-order valence-electron chi connectivity index (χ4n) is 0.896. The van der Waals surface area contributed by atoms with Gasteiger partial charge in [-0.2, -0.15) is 0 Å². The van der Waals surface area contributed by atoms with Crippen LogP contribution < -0.4 is 0 Å². The van der Waals surface area contributed by atoms with Crippen molar-refractivity contribution in [2.45, 2.75) is 32.2 Å². The molecule has 0 bridgehead atoms. The Labute approximate surface area is 69.3 Å². The first-order valence-corrected chi connectivity index (χ1v) is 3.76. The third kappa shape index (κ3) is 1.73. The Morgan fingerprint density at radius 2 is 1.83 bits per heavy atom. The van der Waals surface area contributed by atoms with Crippen LogP contribution in [0, 0.1) is 0 Å². The van der Waals surface area contributed by atoms with E-state index in [4.69, 9.17) is 0 Å². The lowest BCUT2D eigenvalue weighted by Crippen LogP contribution is -2.29. The van der Waals surface area contributed by atoms with Gasteiger partial charge in [0.05, 0.1) is 6.42 Å². The van der Waals surface area contributed by atoms with Crippen LogP contribution in [0.5, 0.6) is 0 Å². The molecule has 68 valence electrons. The molecule has 0 spiro atoms. The Bertz CT molecular complexity index is 194. The third-order valence-electron chi connectivity index (χ3n) is 1.52. The van der Waals surface area contributed by atoms with E-state index < -0.39 is 17.9 Å². The molecular weight excluding hydrogens is 164 g/mol. The van der Waals surface area contributed by atoms with Gasteiger partial charge < -0.3 is 14.6 Å². The third-order valence-corrected chi connectivity index (χ3v) is 1.52. The maximum atomic E-state index is 10.5. The summed E-state index contributed by atoms with van der Waals surface area (Å²) in [6.45, 7) is 1.90. The molecule has 5 heteroatoms. The molecule has 0 unspecified atom stereocenters. The number of esters is 2. The van der Waals surface area contributed by atoms with Crippen LogP contribution in [0.3, 0.4) is 0 Å². The molecular formula is C7H10O5. The zero-order chi connectivity index (χ0) is 9.19. The Morgan fingerprint density at radius 1 is 1.33 bits per heavy atom. The van der Waals surface area contributed by atoms with Crippen molar-refractivity contribution in [3.05, 3.63) is 0 Å². The van der Waals surface area contributed by atoms with Crippen molar-refractivity contribution in [1.82, 2.24) is 0 Å². The molecule has 1 aliphatic rings. The van der Waals surface area contributed by atoms with Crippen LogP contribution in [0.25, 0.3) is 0 Å². The van der Waals surface area contributed by atoms with E-state index in [1.165, 1.54) is 0 Å². The molecule has 1 fully saturated rings. The molecule has 5 nitrogen and oxygen atoms in total. The van der Waals surface area contributed by atoms with Crippen molar-refractivity contribution in [1.29, 1.82) is 0 Å². The molecule has 0 amide bonds. The van der Waals surface area contributed by atoms with Crippen LogP contribution in [0.4, 0.5) is 0 Å². The summed E-state index contributed by atoms with van der Waals surface area (Å²) < 4.78 is 8.62. The average Bonchev–Trinajstić information content (AvgIpc) is 2.24. The first-order chi connectivity index (χ1) is 5.57. The van der Waals surface area contributed by atoms with Crippen molar-refractivity contribution in [3.63, 3.8) is 0 Å². The summed E-state index contributed by atoms with van der Waals surface area (Å²) in [7, 11) is 0. The number of hydrogen-bond donors (Lipinski definition) is 1. The lowest BCUT2D eigenvalue weighted by molar-refractivity contribution is -0.295. The highest BCUT2D eigenvalue weighted by atomic mass is 16.9. The zero-order valence-corrected chi connectivity index (χ0v) is 6.70. The molecule has 0 aromatic heterocycles. The average molecular weight is 174 g/mol. The van der Waals surface area contributed by atoms with Gasteiger partial charge in [-0.1, -0.05) is 13.3 Å². The lowest BCUT2D eigenvalue weighted by Gasteiger charge is -2.16. The fraction of sp³-hybridized carbons (Fsp3) is 0.714. The normalized spacial score (nSPS) is 20.5. The molecule has 1 heterocycles. The highest BCUT2D eigenvalue weighted by Crippen LogP contribution is 2.23. The molecule has 12 heavy (non-hydrogen) atoms. The molecule has 1 rings (SSSR count). The summed E-state index contributed by atoms with van der Waals surface area (Å²) in [5.74, 6) is -4.27. The molecule has 0 aromatic carbocycles. The van der Waals surface area contributed by atoms with Crippen LogP contribution >= 0.6 is 0 Å². The van der Waals surface area contributed by atoms with Crippen molar-refractivity contribution < 1.29 is 24.2 Å². The summed E-state index contributed by atoms with van der Waals surface area (Å²) in [6.07, 6.45) is 1.56. The fourth-order valence-corrected chi connectivity index (χ4v) is 0.896. The number of rotatable bonds is 3. The highest BCUT2D eigenvalue weighted by Gasteiger charge is 2.46. The molecule has 0 atom stereocenters. The first-order valence-electron chi connectivity index (χ1n) is 3.76. The van der Waals surface area contributed by atoms with Crippen molar-refractivity contribution in [2.75, 3.05) is 0 Å². The number of hydrogen-bond acceptors (Lipinski definition) is 5. The quantitative estimate of drug-likeness (QED) is 0.478. The zero-order valence-electron chi connectivity index (χ0n) is 6.70. The maximum Gasteiger partial charge on any atom is 0.422 e. The van der Waals surface area contributed by atoms with E-state index in [2.05, 4.69) is 9.47 Å². The van der Waals surface area contributed by atoms with Gasteiger partial charge in [-0.3, -0.25) is 0 Å². The second kappa shape index (κ2) is 3.10. The predicted molar refractivity (Wildman–Crippen MR) is 36.7 cm³/mol. The summed E-state index contributed by atoms with van der Waals surface area (Å²) in [6, 6.07) is 0. The standard InChI is InChI=1S/C7H10O5/c1-2-3-4-7(10)11-5(8)6(9)12-7/h10H,2-4H2,1H3. The number of aliphatic hydroxyl groups is 1.